The number of carbonyl (C=O) groups excluding carboxylic acids is 1. The molecule has 0 atom stereocenters. The van der Waals surface area contributed by atoms with E-state index < -0.39 is 0 Å². The van der Waals surface area contributed by atoms with Crippen LogP contribution >= 0.6 is 23.2 Å². The second-order valence-corrected chi connectivity index (χ2v) is 8.18. The zero-order valence-electron chi connectivity index (χ0n) is 17.6. The number of halogens is 2. The number of amides is 1. The van der Waals surface area contributed by atoms with Crippen LogP contribution in [0.2, 0.25) is 10.0 Å². The van der Waals surface area contributed by atoms with Gasteiger partial charge in [-0.15, -0.1) is 15.0 Å². The van der Waals surface area contributed by atoms with Crippen molar-refractivity contribution in [1.29, 1.82) is 0 Å². The van der Waals surface area contributed by atoms with Crippen LogP contribution in [0, 0.1) is 0 Å². The van der Waals surface area contributed by atoms with E-state index in [9.17, 15) is 4.79 Å². The van der Waals surface area contributed by atoms with Crippen LogP contribution in [0.1, 0.15) is 16.1 Å². The molecule has 170 valence electrons. The first-order valence-electron chi connectivity index (χ1n) is 10.2. The third kappa shape index (κ3) is 4.98. The van der Waals surface area contributed by atoms with Crippen molar-refractivity contribution in [3.05, 3.63) is 94.5 Å². The van der Waals surface area contributed by atoms with Crippen LogP contribution in [0.15, 0.2) is 73.2 Å². The van der Waals surface area contributed by atoms with Gasteiger partial charge >= 0.3 is 0 Å². The highest BCUT2D eigenvalue weighted by atomic mass is 35.5. The molecule has 0 unspecified atom stereocenters. The predicted octanol–water partition coefficient (Wildman–Crippen LogP) is 3.85. The third-order valence-electron chi connectivity index (χ3n) is 4.85. The molecule has 2 aromatic carbocycles. The fraction of sp³-hybridized carbons (Fsp3) is 0.0909. The summed E-state index contributed by atoms with van der Waals surface area (Å²) in [6.45, 7) is 0.700. The first-order chi connectivity index (χ1) is 16.5. The van der Waals surface area contributed by atoms with Crippen LogP contribution in [0.3, 0.4) is 0 Å². The molecule has 0 bridgehead atoms. The van der Waals surface area contributed by atoms with Gasteiger partial charge in [0, 0.05) is 18.0 Å². The standard InChI is InChI=1S/C22H17Cl2N9O/c23-18-7-6-15(10-19(18)24)12-32-13-17(11-25-32)26-22(34)20-8-9-31(28-20)14-33-29-21(27-30-33)16-4-2-1-3-5-16/h1-11,13H,12,14H2,(H,26,34). The van der Waals surface area contributed by atoms with Crippen molar-refractivity contribution in [2.75, 3.05) is 5.32 Å². The quantitative estimate of drug-likeness (QED) is 0.368. The van der Waals surface area contributed by atoms with Crippen molar-refractivity contribution < 1.29 is 4.79 Å². The molecule has 5 aromatic rings. The molecule has 1 amide bonds. The van der Waals surface area contributed by atoms with Gasteiger partial charge < -0.3 is 5.32 Å². The van der Waals surface area contributed by atoms with Crippen LogP contribution in [0.25, 0.3) is 11.4 Å². The summed E-state index contributed by atoms with van der Waals surface area (Å²) in [5, 5.41) is 24.8. The molecular formula is C22H17Cl2N9O. The van der Waals surface area contributed by atoms with Crippen molar-refractivity contribution in [2.45, 2.75) is 13.2 Å². The van der Waals surface area contributed by atoms with E-state index in [0.29, 0.717) is 28.1 Å². The number of hydrogen-bond donors (Lipinski definition) is 1. The van der Waals surface area contributed by atoms with Crippen LogP contribution in [0.4, 0.5) is 5.69 Å². The van der Waals surface area contributed by atoms with Crippen LogP contribution < -0.4 is 5.32 Å². The topological polar surface area (TPSA) is 108 Å². The van der Waals surface area contributed by atoms with Gasteiger partial charge in [-0.25, -0.2) is 4.68 Å². The molecule has 5 rings (SSSR count). The number of rotatable bonds is 7. The molecule has 10 nitrogen and oxygen atoms in total. The van der Waals surface area contributed by atoms with Gasteiger partial charge in [0.2, 0.25) is 5.82 Å². The number of nitrogens with zero attached hydrogens (tertiary/aromatic N) is 8. The van der Waals surface area contributed by atoms with E-state index in [2.05, 4.69) is 30.9 Å². The van der Waals surface area contributed by atoms with Crippen LogP contribution in [-0.2, 0) is 13.2 Å². The third-order valence-corrected chi connectivity index (χ3v) is 5.59. The SMILES string of the molecule is O=C(Nc1cnn(Cc2ccc(Cl)c(Cl)c2)c1)c1ccn(Cn2nnc(-c3ccccc3)n2)n1. The molecule has 3 aromatic heterocycles. The Hall–Kier alpha value is -4.02. The van der Waals surface area contributed by atoms with Gasteiger partial charge in [0.25, 0.3) is 5.91 Å². The normalized spacial score (nSPS) is 11.0. The van der Waals surface area contributed by atoms with E-state index in [1.165, 1.54) is 4.80 Å². The Kier molecular flexibility index (Phi) is 6.07. The molecule has 0 fully saturated rings. The molecule has 0 aliphatic rings. The lowest BCUT2D eigenvalue weighted by atomic mass is 10.2. The van der Waals surface area contributed by atoms with Crippen molar-refractivity contribution in [2.24, 2.45) is 0 Å². The van der Waals surface area contributed by atoms with Gasteiger partial charge in [0.1, 0.15) is 0 Å². The molecule has 0 saturated heterocycles. The molecule has 0 radical (unpaired) electrons. The molecule has 3 heterocycles. The number of carbonyl (C=O) groups is 1. The molecular weight excluding hydrogens is 477 g/mol. The minimum absolute atomic E-state index is 0.217. The summed E-state index contributed by atoms with van der Waals surface area (Å²) in [6, 6.07) is 16.6. The van der Waals surface area contributed by atoms with Crippen molar-refractivity contribution in [3.63, 3.8) is 0 Å². The molecule has 0 aliphatic heterocycles. The largest absolute Gasteiger partial charge is 0.318 e. The highest BCUT2D eigenvalue weighted by Crippen LogP contribution is 2.23. The summed E-state index contributed by atoms with van der Waals surface area (Å²) in [4.78, 5) is 14.0. The van der Waals surface area contributed by atoms with E-state index in [-0.39, 0.29) is 18.3 Å². The van der Waals surface area contributed by atoms with Gasteiger partial charge in [0.15, 0.2) is 12.4 Å². The van der Waals surface area contributed by atoms with Gasteiger partial charge in [-0.2, -0.15) is 10.2 Å². The van der Waals surface area contributed by atoms with Gasteiger partial charge in [-0.05, 0) is 29.0 Å². The maximum Gasteiger partial charge on any atom is 0.276 e. The molecule has 12 heteroatoms. The highest BCUT2D eigenvalue weighted by Gasteiger charge is 2.13. The van der Waals surface area contributed by atoms with Gasteiger partial charge in [-0.3, -0.25) is 9.48 Å². The monoisotopic (exact) mass is 493 g/mol. The average Bonchev–Trinajstić information content (AvgIpc) is 3.59. The predicted molar refractivity (Wildman–Crippen MR) is 127 cm³/mol. The van der Waals surface area contributed by atoms with Crippen molar-refractivity contribution in [3.8, 4) is 11.4 Å². The van der Waals surface area contributed by atoms with Gasteiger partial charge in [-0.1, -0.05) is 59.6 Å². The summed E-state index contributed by atoms with van der Waals surface area (Å²) in [5.74, 6) is 0.160. The fourth-order valence-corrected chi connectivity index (χ4v) is 3.55. The molecule has 1 N–H and O–H groups in total. The average molecular weight is 494 g/mol. The van der Waals surface area contributed by atoms with E-state index in [1.807, 2.05) is 36.4 Å². The number of benzene rings is 2. The van der Waals surface area contributed by atoms with E-state index in [1.54, 1.807) is 46.2 Å². The molecule has 0 aliphatic carbocycles. The second kappa shape index (κ2) is 9.46. The van der Waals surface area contributed by atoms with E-state index in [4.69, 9.17) is 23.2 Å². The Morgan fingerprint density at radius 2 is 1.82 bits per heavy atom. The maximum atomic E-state index is 12.6. The molecule has 0 spiro atoms. The van der Waals surface area contributed by atoms with Crippen molar-refractivity contribution >= 4 is 34.8 Å². The Morgan fingerprint density at radius 3 is 2.65 bits per heavy atom. The lowest BCUT2D eigenvalue weighted by Crippen LogP contribution is -2.15. The van der Waals surface area contributed by atoms with E-state index in [0.717, 1.165) is 11.1 Å². The molecule has 0 saturated carbocycles. The Balaban J connectivity index is 1.20. The zero-order valence-corrected chi connectivity index (χ0v) is 19.1. The Morgan fingerprint density at radius 1 is 0.971 bits per heavy atom. The van der Waals surface area contributed by atoms with Gasteiger partial charge in [0.05, 0.1) is 28.5 Å². The summed E-state index contributed by atoms with van der Waals surface area (Å²) in [6.07, 6.45) is 4.97. The minimum Gasteiger partial charge on any atom is -0.318 e. The lowest BCUT2D eigenvalue weighted by molar-refractivity contribution is 0.102. The lowest BCUT2D eigenvalue weighted by Gasteiger charge is -2.03. The zero-order chi connectivity index (χ0) is 23.5. The highest BCUT2D eigenvalue weighted by molar-refractivity contribution is 6.42. The minimum atomic E-state index is -0.357. The number of hydrogen-bond acceptors (Lipinski definition) is 6. The second-order valence-electron chi connectivity index (χ2n) is 7.36. The number of aromatic nitrogens is 8. The molecule has 34 heavy (non-hydrogen) atoms. The smallest absolute Gasteiger partial charge is 0.276 e. The van der Waals surface area contributed by atoms with Crippen molar-refractivity contribution in [1.82, 2.24) is 39.8 Å². The Bertz CT molecular complexity index is 1440. The van der Waals surface area contributed by atoms with E-state index >= 15 is 0 Å². The maximum absolute atomic E-state index is 12.6. The Labute approximate surface area is 203 Å². The number of anilines is 1. The van der Waals surface area contributed by atoms with Crippen LogP contribution in [-0.4, -0.2) is 45.7 Å². The number of tetrazole rings is 1. The van der Waals surface area contributed by atoms with Crippen LogP contribution in [0.5, 0.6) is 0 Å². The first kappa shape index (κ1) is 21.8. The fourth-order valence-electron chi connectivity index (χ4n) is 3.23. The first-order valence-corrected chi connectivity index (χ1v) is 10.9. The summed E-state index contributed by atoms with van der Waals surface area (Å²) < 4.78 is 3.24. The number of nitrogens with one attached hydrogen (secondary N) is 1. The summed E-state index contributed by atoms with van der Waals surface area (Å²) in [7, 11) is 0. The summed E-state index contributed by atoms with van der Waals surface area (Å²) >= 11 is 12.0. The summed E-state index contributed by atoms with van der Waals surface area (Å²) in [5.41, 5.74) is 2.60.